The lowest BCUT2D eigenvalue weighted by Gasteiger charge is -2.38. The molecule has 0 amide bonds. The van der Waals surface area contributed by atoms with Crippen LogP contribution in [0.25, 0.3) is 10.8 Å². The third-order valence-electron chi connectivity index (χ3n) is 6.90. The highest BCUT2D eigenvalue weighted by Crippen LogP contribution is 2.52. The molecule has 1 heterocycles. The number of nitrogens with one attached hydrogen (secondary N) is 1. The number of fused-ring (bicyclic) bond motifs is 4. The summed E-state index contributed by atoms with van der Waals surface area (Å²) in [6.45, 7) is 7.82. The van der Waals surface area contributed by atoms with Crippen LogP contribution in [-0.4, -0.2) is 30.9 Å². The van der Waals surface area contributed by atoms with E-state index in [4.69, 9.17) is 0 Å². The van der Waals surface area contributed by atoms with Gasteiger partial charge in [-0.15, -0.1) is 13.2 Å². The van der Waals surface area contributed by atoms with Gasteiger partial charge in [-0.25, -0.2) is 8.42 Å². The number of anilines is 1. The lowest BCUT2D eigenvalue weighted by atomic mass is 9.76. The quantitative estimate of drug-likeness (QED) is 0.431. The Morgan fingerprint density at radius 3 is 2.59 bits per heavy atom. The van der Waals surface area contributed by atoms with Crippen LogP contribution in [-0.2, 0) is 10.0 Å². The van der Waals surface area contributed by atoms with E-state index in [2.05, 4.69) is 36.7 Å². The fraction of sp³-hybridized carbons (Fsp3) is 0.214. The molecule has 1 aliphatic heterocycles. The van der Waals surface area contributed by atoms with Gasteiger partial charge in [-0.05, 0) is 52.9 Å². The molecule has 0 bridgehead atoms. The van der Waals surface area contributed by atoms with Gasteiger partial charge in [0.1, 0.15) is 5.75 Å². The van der Waals surface area contributed by atoms with Crippen molar-refractivity contribution in [3.63, 3.8) is 0 Å². The van der Waals surface area contributed by atoms with Crippen molar-refractivity contribution in [3.8, 4) is 5.75 Å². The van der Waals surface area contributed by atoms with Crippen molar-refractivity contribution in [1.82, 2.24) is 4.31 Å². The summed E-state index contributed by atoms with van der Waals surface area (Å²) in [5.41, 5.74) is 2.75. The molecule has 0 aromatic heterocycles. The van der Waals surface area contributed by atoms with Crippen LogP contribution in [0.2, 0.25) is 0 Å². The Labute approximate surface area is 200 Å². The van der Waals surface area contributed by atoms with Gasteiger partial charge in [0.2, 0.25) is 10.0 Å². The Morgan fingerprint density at radius 2 is 1.82 bits per heavy atom. The smallest absolute Gasteiger partial charge is 0.243 e. The fourth-order valence-electron chi connectivity index (χ4n) is 5.34. The molecule has 1 aliphatic carbocycles. The lowest BCUT2D eigenvalue weighted by Crippen LogP contribution is -2.32. The third-order valence-corrected chi connectivity index (χ3v) is 8.72. The van der Waals surface area contributed by atoms with Crippen LogP contribution in [0.15, 0.2) is 97.0 Å². The maximum Gasteiger partial charge on any atom is 0.243 e. The average molecular weight is 473 g/mol. The second-order valence-corrected chi connectivity index (χ2v) is 10.8. The van der Waals surface area contributed by atoms with E-state index in [9.17, 15) is 13.5 Å². The number of benzene rings is 3. The van der Waals surface area contributed by atoms with Crippen LogP contribution in [0.1, 0.15) is 29.5 Å². The summed E-state index contributed by atoms with van der Waals surface area (Å²) >= 11 is 0. The summed E-state index contributed by atoms with van der Waals surface area (Å²) in [5, 5.41) is 16.6. The van der Waals surface area contributed by atoms with Gasteiger partial charge in [0, 0.05) is 30.3 Å². The zero-order chi connectivity index (χ0) is 23.9. The first-order chi connectivity index (χ1) is 16.5. The molecule has 5 rings (SSSR count). The fourth-order valence-corrected chi connectivity index (χ4v) is 6.75. The van der Waals surface area contributed by atoms with E-state index < -0.39 is 10.0 Å². The second kappa shape index (κ2) is 8.78. The van der Waals surface area contributed by atoms with Gasteiger partial charge in [0.05, 0.1) is 10.9 Å². The van der Waals surface area contributed by atoms with Gasteiger partial charge in [-0.3, -0.25) is 0 Å². The highest BCUT2D eigenvalue weighted by molar-refractivity contribution is 7.89. The minimum atomic E-state index is -3.69. The Balaban J connectivity index is 1.59. The Bertz CT molecular complexity index is 1400. The molecule has 3 atom stereocenters. The van der Waals surface area contributed by atoms with E-state index in [1.165, 1.54) is 4.31 Å². The summed E-state index contributed by atoms with van der Waals surface area (Å²) in [6, 6.07) is 17.0. The molecule has 6 heteroatoms. The number of hydrogen-bond acceptors (Lipinski definition) is 4. The van der Waals surface area contributed by atoms with Crippen LogP contribution < -0.4 is 5.32 Å². The average Bonchev–Trinajstić information content (AvgIpc) is 3.34. The predicted octanol–water partition coefficient (Wildman–Crippen LogP) is 5.73. The molecule has 0 fully saturated rings. The maximum absolute atomic E-state index is 13.3. The van der Waals surface area contributed by atoms with Crippen molar-refractivity contribution in [1.29, 1.82) is 0 Å². The summed E-state index contributed by atoms with van der Waals surface area (Å²) in [6.07, 6.45) is 8.34. The predicted molar refractivity (Wildman–Crippen MR) is 138 cm³/mol. The lowest BCUT2D eigenvalue weighted by molar-refractivity contribution is 0.404. The number of allylic oxidation sites excluding steroid dienone is 2. The van der Waals surface area contributed by atoms with Crippen molar-refractivity contribution in [2.45, 2.75) is 23.3 Å². The Hall–Kier alpha value is -3.35. The highest BCUT2D eigenvalue weighted by atomic mass is 32.2. The van der Waals surface area contributed by atoms with Crippen molar-refractivity contribution in [2.75, 3.05) is 18.4 Å². The molecule has 0 radical (unpaired) electrons. The number of hydrogen-bond donors (Lipinski definition) is 2. The minimum Gasteiger partial charge on any atom is -0.508 e. The van der Waals surface area contributed by atoms with Crippen molar-refractivity contribution >= 4 is 26.5 Å². The molecule has 0 spiro atoms. The van der Waals surface area contributed by atoms with E-state index >= 15 is 0 Å². The van der Waals surface area contributed by atoms with Crippen LogP contribution in [0.3, 0.4) is 0 Å². The van der Waals surface area contributed by atoms with E-state index in [-0.39, 0.29) is 41.6 Å². The molecule has 3 unspecified atom stereocenters. The van der Waals surface area contributed by atoms with E-state index in [0.29, 0.717) is 0 Å². The highest BCUT2D eigenvalue weighted by Gasteiger charge is 2.40. The standard InChI is InChI=1S/C28H28N2O3S/c1-3-16-30(17-4-2)34(32,33)20-13-14-25-24(18-20)22-10-7-11-23(22)28(29-25)27-21-9-6-5-8-19(21)12-15-26(27)31/h3-10,12-15,18,22-23,28-29,31H,1-2,11,16-17H2. The van der Waals surface area contributed by atoms with Crippen LogP contribution in [0.5, 0.6) is 5.75 Å². The van der Waals surface area contributed by atoms with E-state index in [0.717, 1.165) is 34.0 Å². The van der Waals surface area contributed by atoms with Crippen molar-refractivity contribution in [2.24, 2.45) is 5.92 Å². The van der Waals surface area contributed by atoms with Crippen molar-refractivity contribution < 1.29 is 13.5 Å². The molecule has 34 heavy (non-hydrogen) atoms. The molecule has 5 nitrogen and oxygen atoms in total. The first-order valence-electron chi connectivity index (χ1n) is 11.5. The minimum absolute atomic E-state index is 0.0574. The monoisotopic (exact) mass is 472 g/mol. The van der Waals surface area contributed by atoms with Crippen molar-refractivity contribution in [3.05, 3.63) is 103 Å². The van der Waals surface area contributed by atoms with E-state index in [1.54, 1.807) is 30.4 Å². The first-order valence-corrected chi connectivity index (χ1v) is 12.9. The molecule has 2 aliphatic rings. The molecule has 0 saturated carbocycles. The number of rotatable bonds is 7. The number of phenolic OH excluding ortho intramolecular Hbond substituents is 1. The van der Waals surface area contributed by atoms with Gasteiger partial charge in [-0.1, -0.05) is 54.6 Å². The molecular formula is C28H28N2O3S. The second-order valence-electron chi connectivity index (χ2n) is 8.84. The topological polar surface area (TPSA) is 69.6 Å². The SMILES string of the molecule is C=CCN(CC=C)S(=O)(=O)c1ccc2c(c1)C1C=CCC1C(c1c(O)ccc3ccccc13)N2. The normalized spacial score (nSPS) is 21.1. The van der Waals surface area contributed by atoms with Gasteiger partial charge in [0.25, 0.3) is 0 Å². The Kier molecular flexibility index (Phi) is 5.80. The number of aromatic hydroxyl groups is 1. The molecule has 2 N–H and O–H groups in total. The zero-order valence-electron chi connectivity index (χ0n) is 18.9. The van der Waals surface area contributed by atoms with Crippen LogP contribution in [0, 0.1) is 5.92 Å². The molecule has 3 aromatic carbocycles. The van der Waals surface area contributed by atoms with Crippen LogP contribution in [0.4, 0.5) is 5.69 Å². The largest absolute Gasteiger partial charge is 0.508 e. The molecule has 0 saturated heterocycles. The van der Waals surface area contributed by atoms with Gasteiger partial charge in [0.15, 0.2) is 0 Å². The molecule has 174 valence electrons. The van der Waals surface area contributed by atoms with Gasteiger partial charge < -0.3 is 10.4 Å². The summed E-state index contributed by atoms with van der Waals surface area (Å²) in [5.74, 6) is 0.496. The first kappa shape index (κ1) is 22.4. The molecule has 3 aromatic rings. The summed E-state index contributed by atoms with van der Waals surface area (Å²) in [4.78, 5) is 0.266. The number of phenols is 1. The number of sulfonamides is 1. The zero-order valence-corrected chi connectivity index (χ0v) is 19.7. The summed E-state index contributed by atoms with van der Waals surface area (Å²) < 4.78 is 28.0. The maximum atomic E-state index is 13.3. The van der Waals surface area contributed by atoms with Gasteiger partial charge >= 0.3 is 0 Å². The van der Waals surface area contributed by atoms with Gasteiger partial charge in [-0.2, -0.15) is 4.31 Å². The Morgan fingerprint density at radius 1 is 1.06 bits per heavy atom. The molecular weight excluding hydrogens is 444 g/mol. The summed E-state index contributed by atoms with van der Waals surface area (Å²) in [7, 11) is -3.69. The third kappa shape index (κ3) is 3.63. The van der Waals surface area contributed by atoms with E-state index in [1.807, 2.05) is 30.3 Å². The number of nitrogens with zero attached hydrogens (tertiary/aromatic N) is 1. The van der Waals surface area contributed by atoms with Crippen LogP contribution >= 0.6 is 0 Å².